The van der Waals surface area contributed by atoms with Crippen LogP contribution in [0.3, 0.4) is 0 Å². The molecule has 0 saturated carbocycles. The van der Waals surface area contributed by atoms with Crippen LogP contribution in [0.15, 0.2) is 57.8 Å². The summed E-state index contributed by atoms with van der Waals surface area (Å²) in [5.74, 6) is 0.787. The van der Waals surface area contributed by atoms with Gasteiger partial charge in [-0.15, -0.1) is 4.40 Å². The van der Waals surface area contributed by atoms with E-state index in [2.05, 4.69) is 9.71 Å². The van der Waals surface area contributed by atoms with Crippen LogP contribution in [0.1, 0.15) is 11.1 Å². The van der Waals surface area contributed by atoms with E-state index in [1.165, 1.54) is 11.0 Å². The van der Waals surface area contributed by atoms with Crippen molar-refractivity contribution >= 4 is 21.8 Å². The fraction of sp³-hybridized carbons (Fsp3) is 0.263. The number of nitrogens with one attached hydrogen (secondary N) is 1. The maximum atomic E-state index is 12.1. The second kappa shape index (κ2) is 7.79. The lowest BCUT2D eigenvalue weighted by Crippen LogP contribution is -2.39. The largest absolute Gasteiger partial charge is 0.492 e. The molecule has 0 atom stereocenters. The molecule has 0 radical (unpaired) electrons. The maximum absolute atomic E-state index is 12.1. The minimum atomic E-state index is -3.70. The molecular formula is C19H21N3O4S. The van der Waals surface area contributed by atoms with Gasteiger partial charge in [0.05, 0.1) is 13.1 Å². The normalized spacial score (nSPS) is 14.2. The Kier molecular flexibility index (Phi) is 5.46. The molecule has 0 aromatic heterocycles. The van der Waals surface area contributed by atoms with E-state index >= 15 is 0 Å². The van der Waals surface area contributed by atoms with Gasteiger partial charge in [-0.3, -0.25) is 4.79 Å². The molecule has 142 valence electrons. The van der Waals surface area contributed by atoms with Gasteiger partial charge in [-0.2, -0.15) is 8.42 Å². The summed E-state index contributed by atoms with van der Waals surface area (Å²) < 4.78 is 33.6. The van der Waals surface area contributed by atoms with Gasteiger partial charge in [-0.25, -0.2) is 0 Å². The van der Waals surface area contributed by atoms with Crippen molar-refractivity contribution in [3.63, 3.8) is 0 Å². The van der Waals surface area contributed by atoms with Crippen molar-refractivity contribution in [1.82, 2.24) is 10.2 Å². The van der Waals surface area contributed by atoms with E-state index in [9.17, 15) is 13.2 Å². The first kappa shape index (κ1) is 18.9. The van der Waals surface area contributed by atoms with Crippen LogP contribution in [0.25, 0.3) is 0 Å². The molecule has 7 nitrogen and oxygen atoms in total. The predicted molar refractivity (Wildman–Crippen MR) is 102 cm³/mol. The Labute approximate surface area is 158 Å². The minimum absolute atomic E-state index is 0.00681. The van der Waals surface area contributed by atoms with E-state index in [1.54, 1.807) is 25.2 Å². The SMILES string of the molecule is Cc1cccc(OCCNC(=O)CN(C)C2=NS(=O)(=O)c3ccccc32)c1. The summed E-state index contributed by atoms with van der Waals surface area (Å²) >= 11 is 0. The molecule has 3 rings (SSSR count). The predicted octanol–water partition coefficient (Wildman–Crippen LogP) is 1.57. The number of sulfonamides is 1. The van der Waals surface area contributed by atoms with Gasteiger partial charge >= 0.3 is 0 Å². The lowest BCUT2D eigenvalue weighted by atomic mass is 10.2. The standard InChI is InChI=1S/C19H21N3O4S/c1-14-6-5-7-15(12-14)26-11-10-20-18(23)13-22(2)19-16-8-3-4-9-17(16)27(24,25)21-19/h3-9,12H,10-11,13H2,1-2H3,(H,20,23). The number of amides is 1. The first-order valence-electron chi connectivity index (χ1n) is 8.48. The van der Waals surface area contributed by atoms with Crippen molar-refractivity contribution in [3.8, 4) is 5.75 Å². The first-order valence-corrected chi connectivity index (χ1v) is 9.92. The number of ether oxygens (including phenoxy) is 1. The molecule has 0 unspecified atom stereocenters. The lowest BCUT2D eigenvalue weighted by molar-refractivity contribution is -0.121. The van der Waals surface area contributed by atoms with Gasteiger partial charge in [-0.1, -0.05) is 24.3 Å². The zero-order valence-corrected chi connectivity index (χ0v) is 16.0. The first-order chi connectivity index (χ1) is 12.9. The van der Waals surface area contributed by atoms with Crippen molar-refractivity contribution < 1.29 is 17.9 Å². The lowest BCUT2D eigenvalue weighted by Gasteiger charge is -2.18. The van der Waals surface area contributed by atoms with E-state index in [1.807, 2.05) is 31.2 Å². The van der Waals surface area contributed by atoms with Crippen LogP contribution in [0.4, 0.5) is 0 Å². The van der Waals surface area contributed by atoms with Crippen LogP contribution < -0.4 is 10.1 Å². The molecule has 1 heterocycles. The molecule has 1 N–H and O–H groups in total. The van der Waals surface area contributed by atoms with E-state index in [0.717, 1.165) is 11.3 Å². The van der Waals surface area contributed by atoms with Crippen LogP contribution in [-0.2, 0) is 14.8 Å². The van der Waals surface area contributed by atoms with E-state index in [-0.39, 0.29) is 23.2 Å². The fourth-order valence-corrected chi connectivity index (χ4v) is 4.03. The summed E-state index contributed by atoms with van der Waals surface area (Å²) in [6.45, 7) is 2.67. The summed E-state index contributed by atoms with van der Waals surface area (Å²) in [6.07, 6.45) is 0. The molecule has 0 saturated heterocycles. The highest BCUT2D eigenvalue weighted by Crippen LogP contribution is 2.26. The van der Waals surface area contributed by atoms with Crippen LogP contribution in [0.5, 0.6) is 5.75 Å². The monoisotopic (exact) mass is 387 g/mol. The quantitative estimate of drug-likeness (QED) is 0.760. The summed E-state index contributed by atoms with van der Waals surface area (Å²) in [5.41, 5.74) is 1.61. The van der Waals surface area contributed by atoms with Crippen molar-refractivity contribution in [3.05, 3.63) is 59.7 Å². The maximum Gasteiger partial charge on any atom is 0.285 e. The highest BCUT2D eigenvalue weighted by atomic mass is 32.2. The number of likely N-dealkylation sites (N-methyl/N-ethyl adjacent to an activating group) is 1. The molecule has 0 spiro atoms. The Bertz CT molecular complexity index is 986. The van der Waals surface area contributed by atoms with E-state index in [0.29, 0.717) is 18.7 Å². The number of fused-ring (bicyclic) bond motifs is 1. The number of hydrogen-bond acceptors (Lipinski definition) is 5. The fourth-order valence-electron chi connectivity index (χ4n) is 2.77. The number of amidine groups is 1. The third-order valence-electron chi connectivity index (χ3n) is 4.04. The number of rotatable bonds is 6. The summed E-state index contributed by atoms with van der Waals surface area (Å²) in [7, 11) is -2.06. The highest BCUT2D eigenvalue weighted by Gasteiger charge is 2.30. The molecule has 1 aliphatic rings. The average molecular weight is 387 g/mol. The smallest absolute Gasteiger partial charge is 0.285 e. The van der Waals surface area contributed by atoms with E-state index < -0.39 is 10.0 Å². The second-order valence-electron chi connectivity index (χ2n) is 6.26. The van der Waals surface area contributed by atoms with E-state index in [4.69, 9.17) is 4.74 Å². The summed E-state index contributed by atoms with van der Waals surface area (Å²) in [5, 5.41) is 2.76. The van der Waals surface area contributed by atoms with Crippen molar-refractivity contribution in [2.75, 3.05) is 26.7 Å². The van der Waals surface area contributed by atoms with Crippen LogP contribution in [0, 0.1) is 6.92 Å². The number of aryl methyl sites for hydroxylation is 1. The molecule has 27 heavy (non-hydrogen) atoms. The van der Waals surface area contributed by atoms with Crippen LogP contribution in [0.2, 0.25) is 0 Å². The zero-order valence-electron chi connectivity index (χ0n) is 15.2. The van der Waals surface area contributed by atoms with Crippen LogP contribution in [-0.4, -0.2) is 51.8 Å². The number of carbonyl (C=O) groups excluding carboxylic acids is 1. The van der Waals surface area contributed by atoms with Gasteiger partial charge < -0.3 is 15.0 Å². The number of benzene rings is 2. The Balaban J connectivity index is 1.51. The third kappa shape index (κ3) is 4.46. The van der Waals surface area contributed by atoms with Gasteiger partial charge in [0.2, 0.25) is 5.91 Å². The van der Waals surface area contributed by atoms with Crippen LogP contribution >= 0.6 is 0 Å². The second-order valence-corrected chi connectivity index (χ2v) is 7.83. The van der Waals surface area contributed by atoms with Gasteiger partial charge in [0.25, 0.3) is 10.0 Å². The Morgan fingerprint density at radius 2 is 1.96 bits per heavy atom. The molecule has 1 aliphatic heterocycles. The molecule has 1 amide bonds. The van der Waals surface area contributed by atoms with Gasteiger partial charge in [0.1, 0.15) is 17.3 Å². The molecule has 2 aromatic rings. The van der Waals surface area contributed by atoms with Crippen molar-refractivity contribution in [2.24, 2.45) is 4.40 Å². The number of hydrogen-bond donors (Lipinski definition) is 1. The molecule has 0 fully saturated rings. The van der Waals surface area contributed by atoms with Crippen molar-refractivity contribution in [1.29, 1.82) is 0 Å². The molecule has 8 heteroatoms. The van der Waals surface area contributed by atoms with Gasteiger partial charge in [-0.05, 0) is 36.8 Å². The molecular weight excluding hydrogens is 366 g/mol. The number of nitrogens with zero attached hydrogens (tertiary/aromatic N) is 2. The number of carbonyl (C=O) groups is 1. The van der Waals surface area contributed by atoms with Gasteiger partial charge in [0, 0.05) is 12.6 Å². The zero-order chi connectivity index (χ0) is 19.4. The Hall–Kier alpha value is -2.87. The third-order valence-corrected chi connectivity index (χ3v) is 5.36. The molecule has 0 bridgehead atoms. The minimum Gasteiger partial charge on any atom is -0.492 e. The Morgan fingerprint density at radius 3 is 2.74 bits per heavy atom. The van der Waals surface area contributed by atoms with Gasteiger partial charge in [0.15, 0.2) is 5.84 Å². The molecule has 2 aromatic carbocycles. The summed E-state index contributed by atoms with van der Waals surface area (Å²) in [4.78, 5) is 13.8. The molecule has 0 aliphatic carbocycles. The highest BCUT2D eigenvalue weighted by molar-refractivity contribution is 7.90. The topological polar surface area (TPSA) is 88.1 Å². The average Bonchev–Trinajstić information content (AvgIpc) is 2.91. The summed E-state index contributed by atoms with van der Waals surface area (Å²) in [6, 6.07) is 14.3. The Morgan fingerprint density at radius 1 is 1.19 bits per heavy atom. The van der Waals surface area contributed by atoms with Crippen molar-refractivity contribution in [2.45, 2.75) is 11.8 Å².